The number of carbonyl (C=O) groups is 2. The number of ether oxygens (including phenoxy) is 2. The van der Waals surface area contributed by atoms with Gasteiger partial charge in [-0.05, 0) is 24.6 Å². The quantitative estimate of drug-likeness (QED) is 0.491. The van der Waals surface area contributed by atoms with E-state index in [4.69, 9.17) is 9.15 Å². The van der Waals surface area contributed by atoms with E-state index in [2.05, 4.69) is 25.7 Å². The molecule has 1 aromatic carbocycles. The molecule has 0 unspecified atom stereocenters. The molecule has 2 aromatic rings. The fourth-order valence-electron chi connectivity index (χ4n) is 2.20. The predicted molar refractivity (Wildman–Crippen MR) is 93.2 cm³/mol. The highest BCUT2D eigenvalue weighted by atomic mass is 79.9. The molecule has 0 bridgehead atoms. The lowest BCUT2D eigenvalue weighted by atomic mass is 10.2. The Kier molecular flexibility index (Phi) is 7.15. The summed E-state index contributed by atoms with van der Waals surface area (Å²) in [5.41, 5.74) is 0.621. The highest BCUT2D eigenvalue weighted by Crippen LogP contribution is 2.16. The van der Waals surface area contributed by atoms with Crippen molar-refractivity contribution in [1.29, 1.82) is 0 Å². The minimum Gasteiger partial charge on any atom is -0.464 e. The molecule has 0 fully saturated rings. The van der Waals surface area contributed by atoms with E-state index in [1.54, 1.807) is 30.2 Å². The molecule has 0 radical (unpaired) electrons. The molecule has 0 aliphatic rings. The first kappa shape index (κ1) is 19.1. The normalized spacial score (nSPS) is 10.5. The summed E-state index contributed by atoms with van der Waals surface area (Å²) < 4.78 is 15.8. The van der Waals surface area contributed by atoms with Crippen LogP contribution in [0.5, 0.6) is 0 Å². The maximum absolute atomic E-state index is 12.8. The zero-order chi connectivity index (χ0) is 18.2. The number of nitrogens with zero attached hydrogens (tertiary/aromatic N) is 2. The molecule has 0 saturated heterocycles. The highest BCUT2D eigenvalue weighted by molar-refractivity contribution is 9.10. The Morgan fingerprint density at radius 1 is 1.32 bits per heavy atom. The van der Waals surface area contributed by atoms with Gasteiger partial charge in [0.2, 0.25) is 5.89 Å². The van der Waals surface area contributed by atoms with Crippen LogP contribution < -0.4 is 0 Å². The predicted octanol–water partition coefficient (Wildman–Crippen LogP) is 2.90. The van der Waals surface area contributed by atoms with Gasteiger partial charge in [-0.3, -0.25) is 4.79 Å². The van der Waals surface area contributed by atoms with Gasteiger partial charge >= 0.3 is 5.97 Å². The molecule has 2 rings (SSSR count). The Hall–Kier alpha value is -2.19. The van der Waals surface area contributed by atoms with E-state index in [0.29, 0.717) is 25.1 Å². The summed E-state index contributed by atoms with van der Waals surface area (Å²) in [6.45, 7) is 1.14. The molecule has 134 valence electrons. The molecule has 1 aromatic heterocycles. The van der Waals surface area contributed by atoms with Crippen molar-refractivity contribution in [2.24, 2.45) is 0 Å². The number of halogens is 1. The summed E-state index contributed by atoms with van der Waals surface area (Å²) in [5.74, 6) is -0.476. The zero-order valence-corrected chi connectivity index (χ0v) is 15.6. The van der Waals surface area contributed by atoms with Gasteiger partial charge in [-0.25, -0.2) is 9.78 Å². The number of carbonyl (C=O) groups excluding carboxylic acids is 2. The lowest BCUT2D eigenvalue weighted by Crippen LogP contribution is -2.32. The van der Waals surface area contributed by atoms with Crippen molar-refractivity contribution in [2.45, 2.75) is 13.0 Å². The smallest absolute Gasteiger partial charge is 0.360 e. The second kappa shape index (κ2) is 9.33. The Morgan fingerprint density at radius 3 is 2.80 bits per heavy atom. The standard InChI is InChI=1S/C17H19BrN2O5/c1-23-8-4-7-20(16(21)12-5-3-6-13(18)9-12)10-15-19-14(11-25-15)17(22)24-2/h3,5-6,9,11H,4,7-8,10H2,1-2H3. The van der Waals surface area contributed by atoms with E-state index in [1.807, 2.05) is 6.07 Å². The first-order chi connectivity index (χ1) is 12.0. The van der Waals surface area contributed by atoms with Gasteiger partial charge in [-0.1, -0.05) is 22.0 Å². The van der Waals surface area contributed by atoms with Crippen LogP contribution in [-0.2, 0) is 16.0 Å². The molecule has 0 spiro atoms. The van der Waals surface area contributed by atoms with Gasteiger partial charge in [0.15, 0.2) is 5.69 Å². The number of oxazole rings is 1. The second-order valence-corrected chi connectivity index (χ2v) is 6.12. The van der Waals surface area contributed by atoms with Crippen molar-refractivity contribution in [3.63, 3.8) is 0 Å². The Labute approximate surface area is 154 Å². The Balaban J connectivity index is 2.16. The van der Waals surface area contributed by atoms with Crippen molar-refractivity contribution < 1.29 is 23.5 Å². The van der Waals surface area contributed by atoms with Crippen LogP contribution in [0, 0.1) is 0 Å². The van der Waals surface area contributed by atoms with Gasteiger partial charge in [0.1, 0.15) is 6.26 Å². The van der Waals surface area contributed by atoms with Crippen molar-refractivity contribution in [3.05, 3.63) is 52.1 Å². The summed E-state index contributed by atoms with van der Waals surface area (Å²) in [7, 11) is 2.88. The highest BCUT2D eigenvalue weighted by Gasteiger charge is 2.20. The molecule has 0 N–H and O–H groups in total. The molecule has 8 heteroatoms. The number of amides is 1. The molecular weight excluding hydrogens is 392 g/mol. The number of hydrogen-bond donors (Lipinski definition) is 0. The van der Waals surface area contributed by atoms with Crippen LogP contribution in [0.3, 0.4) is 0 Å². The summed E-state index contributed by atoms with van der Waals surface area (Å²) in [6.07, 6.45) is 1.89. The maximum Gasteiger partial charge on any atom is 0.360 e. The molecule has 0 aliphatic carbocycles. The van der Waals surface area contributed by atoms with E-state index in [0.717, 1.165) is 4.47 Å². The van der Waals surface area contributed by atoms with Gasteiger partial charge < -0.3 is 18.8 Å². The van der Waals surface area contributed by atoms with Crippen LogP contribution in [-0.4, -0.2) is 49.1 Å². The van der Waals surface area contributed by atoms with Gasteiger partial charge in [0, 0.05) is 30.3 Å². The van der Waals surface area contributed by atoms with Gasteiger partial charge in [-0.15, -0.1) is 0 Å². The number of aromatic nitrogens is 1. The molecule has 25 heavy (non-hydrogen) atoms. The number of hydrogen-bond acceptors (Lipinski definition) is 6. The number of methoxy groups -OCH3 is 2. The van der Waals surface area contributed by atoms with Gasteiger partial charge in [-0.2, -0.15) is 0 Å². The monoisotopic (exact) mass is 410 g/mol. The molecule has 1 amide bonds. The van der Waals surface area contributed by atoms with Crippen LogP contribution >= 0.6 is 15.9 Å². The SMILES string of the molecule is COCCCN(Cc1nc(C(=O)OC)co1)C(=O)c1cccc(Br)c1. The lowest BCUT2D eigenvalue weighted by Gasteiger charge is -2.21. The van der Waals surface area contributed by atoms with Gasteiger partial charge in [0.05, 0.1) is 13.7 Å². The lowest BCUT2D eigenvalue weighted by molar-refractivity contribution is 0.0594. The molecular formula is C17H19BrN2O5. The van der Waals surface area contributed by atoms with Crippen LogP contribution in [0.2, 0.25) is 0 Å². The number of esters is 1. The molecule has 0 saturated carbocycles. The van der Waals surface area contributed by atoms with E-state index < -0.39 is 5.97 Å². The fraction of sp³-hybridized carbons (Fsp3) is 0.353. The number of rotatable bonds is 8. The third-order valence-corrected chi connectivity index (χ3v) is 3.90. The minimum absolute atomic E-state index is 0.0734. The maximum atomic E-state index is 12.8. The van der Waals surface area contributed by atoms with E-state index in [-0.39, 0.29) is 24.0 Å². The van der Waals surface area contributed by atoms with Crippen LogP contribution in [0.15, 0.2) is 39.4 Å². The molecule has 0 atom stereocenters. The second-order valence-electron chi connectivity index (χ2n) is 5.20. The van der Waals surface area contributed by atoms with Crippen LogP contribution in [0.25, 0.3) is 0 Å². The average Bonchev–Trinajstić information content (AvgIpc) is 3.08. The summed E-state index contributed by atoms with van der Waals surface area (Å²) in [6, 6.07) is 7.14. The summed E-state index contributed by atoms with van der Waals surface area (Å²) in [4.78, 5) is 29.9. The molecule has 1 heterocycles. The first-order valence-electron chi connectivity index (χ1n) is 7.61. The Morgan fingerprint density at radius 2 is 2.12 bits per heavy atom. The summed E-state index contributed by atoms with van der Waals surface area (Å²) in [5, 5.41) is 0. The van der Waals surface area contributed by atoms with Crippen molar-refractivity contribution >= 4 is 27.8 Å². The van der Waals surface area contributed by atoms with Crippen molar-refractivity contribution in [3.8, 4) is 0 Å². The van der Waals surface area contributed by atoms with Crippen LogP contribution in [0.4, 0.5) is 0 Å². The summed E-state index contributed by atoms with van der Waals surface area (Å²) >= 11 is 3.36. The third kappa shape index (κ3) is 5.40. The fourth-order valence-corrected chi connectivity index (χ4v) is 2.60. The third-order valence-electron chi connectivity index (χ3n) is 3.41. The molecule has 0 aliphatic heterocycles. The topological polar surface area (TPSA) is 81.9 Å². The van der Waals surface area contributed by atoms with Crippen molar-refractivity contribution in [2.75, 3.05) is 27.4 Å². The van der Waals surface area contributed by atoms with Crippen LogP contribution in [0.1, 0.15) is 33.2 Å². The van der Waals surface area contributed by atoms with E-state index in [9.17, 15) is 9.59 Å². The largest absolute Gasteiger partial charge is 0.464 e. The molecule has 7 nitrogen and oxygen atoms in total. The number of benzene rings is 1. The van der Waals surface area contributed by atoms with E-state index >= 15 is 0 Å². The average molecular weight is 411 g/mol. The first-order valence-corrected chi connectivity index (χ1v) is 8.41. The van der Waals surface area contributed by atoms with Gasteiger partial charge in [0.25, 0.3) is 5.91 Å². The van der Waals surface area contributed by atoms with Crippen molar-refractivity contribution in [1.82, 2.24) is 9.88 Å². The Bertz CT molecular complexity index is 731. The van der Waals surface area contributed by atoms with E-state index in [1.165, 1.54) is 13.4 Å². The zero-order valence-electron chi connectivity index (χ0n) is 14.0. The minimum atomic E-state index is -0.584.